The SMILES string of the molecule is Cc1cc(Br)cc(OCCO)c1. The average molecular weight is 231 g/mol. The minimum Gasteiger partial charge on any atom is -0.491 e. The molecule has 1 aromatic carbocycles. The number of aliphatic hydroxyl groups excluding tert-OH is 1. The van der Waals surface area contributed by atoms with E-state index in [2.05, 4.69) is 15.9 Å². The lowest BCUT2D eigenvalue weighted by Gasteiger charge is -2.05. The van der Waals surface area contributed by atoms with Crippen molar-refractivity contribution < 1.29 is 9.84 Å². The average Bonchev–Trinajstić information content (AvgIpc) is 1.99. The smallest absolute Gasteiger partial charge is 0.120 e. The van der Waals surface area contributed by atoms with Crippen molar-refractivity contribution in [3.8, 4) is 5.75 Å². The van der Waals surface area contributed by atoms with Gasteiger partial charge in [-0.25, -0.2) is 0 Å². The number of hydrogen-bond donors (Lipinski definition) is 1. The first-order valence-electron chi connectivity index (χ1n) is 3.73. The van der Waals surface area contributed by atoms with Crippen LogP contribution in [0.1, 0.15) is 5.56 Å². The predicted octanol–water partition coefficient (Wildman–Crippen LogP) is 2.13. The molecular formula is C9H11BrO2. The number of ether oxygens (including phenoxy) is 1. The summed E-state index contributed by atoms with van der Waals surface area (Å²) in [6.45, 7) is 2.39. The standard InChI is InChI=1S/C9H11BrO2/c1-7-4-8(10)6-9(5-7)12-3-2-11/h4-6,11H,2-3H2,1H3. The van der Waals surface area contributed by atoms with E-state index in [1.54, 1.807) is 0 Å². The van der Waals surface area contributed by atoms with Gasteiger partial charge in [0.1, 0.15) is 12.4 Å². The summed E-state index contributed by atoms with van der Waals surface area (Å²) in [6.07, 6.45) is 0. The Kier molecular flexibility index (Phi) is 3.56. The molecule has 0 radical (unpaired) electrons. The monoisotopic (exact) mass is 230 g/mol. The zero-order valence-electron chi connectivity index (χ0n) is 6.88. The van der Waals surface area contributed by atoms with Crippen LogP contribution in [0, 0.1) is 6.92 Å². The molecule has 0 aliphatic heterocycles. The molecule has 2 nitrogen and oxygen atoms in total. The molecule has 0 aromatic heterocycles. The van der Waals surface area contributed by atoms with Gasteiger partial charge in [-0.3, -0.25) is 0 Å². The number of hydrogen-bond acceptors (Lipinski definition) is 2. The Morgan fingerprint density at radius 3 is 2.75 bits per heavy atom. The third-order valence-electron chi connectivity index (χ3n) is 1.38. The molecule has 1 N–H and O–H groups in total. The quantitative estimate of drug-likeness (QED) is 0.863. The van der Waals surface area contributed by atoms with E-state index in [-0.39, 0.29) is 6.61 Å². The van der Waals surface area contributed by atoms with Crippen LogP contribution in [-0.4, -0.2) is 18.3 Å². The molecule has 0 saturated heterocycles. The van der Waals surface area contributed by atoms with Crippen LogP contribution in [0.5, 0.6) is 5.75 Å². The Labute approximate surface area is 80.3 Å². The lowest BCUT2D eigenvalue weighted by Crippen LogP contribution is -2.01. The molecule has 0 fully saturated rings. The number of aliphatic hydroxyl groups is 1. The summed E-state index contributed by atoms with van der Waals surface area (Å²) >= 11 is 3.36. The van der Waals surface area contributed by atoms with Crippen LogP contribution in [0.25, 0.3) is 0 Å². The van der Waals surface area contributed by atoms with Crippen molar-refractivity contribution in [1.29, 1.82) is 0 Å². The fourth-order valence-electron chi connectivity index (χ4n) is 0.950. The molecule has 1 rings (SSSR count). The van der Waals surface area contributed by atoms with Crippen molar-refractivity contribution in [2.75, 3.05) is 13.2 Å². The van der Waals surface area contributed by atoms with E-state index in [1.165, 1.54) is 0 Å². The van der Waals surface area contributed by atoms with Gasteiger partial charge in [0, 0.05) is 4.47 Å². The van der Waals surface area contributed by atoms with Crippen LogP contribution in [0.2, 0.25) is 0 Å². The first-order chi connectivity index (χ1) is 5.72. The summed E-state index contributed by atoms with van der Waals surface area (Å²) in [5.74, 6) is 0.788. The second kappa shape index (κ2) is 4.48. The van der Waals surface area contributed by atoms with Gasteiger partial charge in [-0.15, -0.1) is 0 Å². The third-order valence-corrected chi connectivity index (χ3v) is 1.83. The lowest BCUT2D eigenvalue weighted by atomic mass is 10.2. The zero-order valence-corrected chi connectivity index (χ0v) is 8.47. The van der Waals surface area contributed by atoms with Gasteiger partial charge in [0.2, 0.25) is 0 Å². The molecule has 0 atom stereocenters. The Morgan fingerprint density at radius 2 is 2.17 bits per heavy atom. The van der Waals surface area contributed by atoms with Crippen LogP contribution in [0.15, 0.2) is 22.7 Å². The summed E-state index contributed by atoms with van der Waals surface area (Å²) in [7, 11) is 0. The molecule has 0 saturated carbocycles. The van der Waals surface area contributed by atoms with Gasteiger partial charge in [0.05, 0.1) is 6.61 Å². The van der Waals surface area contributed by atoms with Gasteiger partial charge >= 0.3 is 0 Å². The van der Waals surface area contributed by atoms with E-state index in [0.717, 1.165) is 15.8 Å². The maximum absolute atomic E-state index is 8.53. The van der Waals surface area contributed by atoms with E-state index >= 15 is 0 Å². The highest BCUT2D eigenvalue weighted by molar-refractivity contribution is 9.10. The Hall–Kier alpha value is -0.540. The van der Waals surface area contributed by atoms with Crippen molar-refractivity contribution in [2.24, 2.45) is 0 Å². The predicted molar refractivity (Wildman–Crippen MR) is 51.5 cm³/mol. The van der Waals surface area contributed by atoms with Crippen LogP contribution < -0.4 is 4.74 Å². The summed E-state index contributed by atoms with van der Waals surface area (Å²) in [5, 5.41) is 8.53. The first-order valence-corrected chi connectivity index (χ1v) is 4.52. The summed E-state index contributed by atoms with van der Waals surface area (Å²) in [5.41, 5.74) is 1.14. The molecule has 12 heavy (non-hydrogen) atoms. The second-order valence-electron chi connectivity index (χ2n) is 2.54. The van der Waals surface area contributed by atoms with E-state index < -0.39 is 0 Å². The van der Waals surface area contributed by atoms with Crippen LogP contribution >= 0.6 is 15.9 Å². The first kappa shape index (κ1) is 9.55. The summed E-state index contributed by atoms with van der Waals surface area (Å²) in [6, 6.07) is 5.81. The van der Waals surface area contributed by atoms with Crippen molar-refractivity contribution in [2.45, 2.75) is 6.92 Å². The number of benzene rings is 1. The summed E-state index contributed by atoms with van der Waals surface area (Å²) < 4.78 is 6.23. The molecule has 66 valence electrons. The number of aryl methyl sites for hydroxylation is 1. The topological polar surface area (TPSA) is 29.5 Å². The van der Waals surface area contributed by atoms with Gasteiger partial charge in [-0.1, -0.05) is 15.9 Å². The van der Waals surface area contributed by atoms with Gasteiger partial charge in [0.25, 0.3) is 0 Å². The molecule has 0 spiro atoms. The molecular weight excluding hydrogens is 220 g/mol. The van der Waals surface area contributed by atoms with Crippen molar-refractivity contribution in [3.63, 3.8) is 0 Å². The Bertz CT molecular complexity index is 240. The van der Waals surface area contributed by atoms with E-state index in [1.807, 2.05) is 25.1 Å². The zero-order chi connectivity index (χ0) is 8.97. The highest BCUT2D eigenvalue weighted by atomic mass is 79.9. The van der Waals surface area contributed by atoms with Gasteiger partial charge in [0.15, 0.2) is 0 Å². The van der Waals surface area contributed by atoms with Gasteiger partial charge in [-0.05, 0) is 30.7 Å². The van der Waals surface area contributed by atoms with Crippen LogP contribution in [0.3, 0.4) is 0 Å². The number of halogens is 1. The minimum absolute atomic E-state index is 0.0472. The molecule has 0 bridgehead atoms. The fourth-order valence-corrected chi connectivity index (χ4v) is 1.54. The van der Waals surface area contributed by atoms with Crippen molar-refractivity contribution in [1.82, 2.24) is 0 Å². The van der Waals surface area contributed by atoms with E-state index in [0.29, 0.717) is 6.61 Å². The second-order valence-corrected chi connectivity index (χ2v) is 3.45. The highest BCUT2D eigenvalue weighted by Gasteiger charge is 1.96. The van der Waals surface area contributed by atoms with Gasteiger partial charge in [-0.2, -0.15) is 0 Å². The normalized spacial score (nSPS) is 9.92. The Morgan fingerprint density at radius 1 is 1.42 bits per heavy atom. The van der Waals surface area contributed by atoms with E-state index in [4.69, 9.17) is 9.84 Å². The Balaban J connectivity index is 2.72. The highest BCUT2D eigenvalue weighted by Crippen LogP contribution is 2.20. The molecule has 0 amide bonds. The molecule has 0 unspecified atom stereocenters. The third kappa shape index (κ3) is 2.83. The summed E-state index contributed by atoms with van der Waals surface area (Å²) in [4.78, 5) is 0. The van der Waals surface area contributed by atoms with Crippen molar-refractivity contribution >= 4 is 15.9 Å². The maximum Gasteiger partial charge on any atom is 0.120 e. The lowest BCUT2D eigenvalue weighted by molar-refractivity contribution is 0.201. The maximum atomic E-state index is 8.53. The molecule has 1 aromatic rings. The fraction of sp³-hybridized carbons (Fsp3) is 0.333. The number of rotatable bonds is 3. The molecule has 0 heterocycles. The minimum atomic E-state index is 0.0472. The van der Waals surface area contributed by atoms with Gasteiger partial charge < -0.3 is 9.84 Å². The molecule has 0 aliphatic carbocycles. The molecule has 0 aliphatic rings. The van der Waals surface area contributed by atoms with Crippen molar-refractivity contribution in [3.05, 3.63) is 28.2 Å². The van der Waals surface area contributed by atoms with Crippen LogP contribution in [-0.2, 0) is 0 Å². The molecule has 3 heteroatoms. The van der Waals surface area contributed by atoms with E-state index in [9.17, 15) is 0 Å². The largest absolute Gasteiger partial charge is 0.491 e. The van der Waals surface area contributed by atoms with Crippen LogP contribution in [0.4, 0.5) is 0 Å².